The van der Waals surface area contributed by atoms with Gasteiger partial charge in [-0.25, -0.2) is 0 Å². The van der Waals surface area contributed by atoms with E-state index in [1.54, 1.807) is 18.6 Å². The minimum Gasteiger partial charge on any atom is -0.377 e. The lowest BCUT2D eigenvalue weighted by Gasteiger charge is -2.16. The fourth-order valence-electron chi connectivity index (χ4n) is 1.32. The molecule has 1 N–H and O–H groups in total. The van der Waals surface area contributed by atoms with Crippen molar-refractivity contribution in [3.8, 4) is 0 Å². The maximum absolute atomic E-state index is 5.43. The zero-order valence-corrected chi connectivity index (χ0v) is 9.60. The van der Waals surface area contributed by atoms with Crippen molar-refractivity contribution in [2.24, 2.45) is 0 Å². The number of hydrogen-bond acceptors (Lipinski definition) is 4. The smallest absolute Gasteiger partial charge is 0.0753 e. The van der Waals surface area contributed by atoms with Crippen molar-refractivity contribution in [3.05, 3.63) is 24.3 Å². The van der Waals surface area contributed by atoms with Gasteiger partial charge < -0.3 is 10.1 Å². The molecule has 84 valence electrons. The van der Waals surface area contributed by atoms with E-state index >= 15 is 0 Å². The zero-order chi connectivity index (χ0) is 11.1. The summed E-state index contributed by atoms with van der Waals surface area (Å²) in [6.07, 6.45) is 5.40. The highest BCUT2D eigenvalue weighted by Crippen LogP contribution is 2.06. The molecule has 4 nitrogen and oxygen atoms in total. The summed E-state index contributed by atoms with van der Waals surface area (Å²) < 4.78 is 5.43. The van der Waals surface area contributed by atoms with Crippen LogP contribution in [-0.4, -0.2) is 29.2 Å². The number of hydrogen-bond donors (Lipinski definition) is 1. The maximum atomic E-state index is 5.43. The Hall–Kier alpha value is -1.00. The molecule has 0 amide bonds. The summed E-state index contributed by atoms with van der Waals surface area (Å²) in [5.41, 5.74) is 0.959. The molecule has 1 heterocycles. The molecule has 0 aromatic carbocycles. The summed E-state index contributed by atoms with van der Waals surface area (Å²) in [7, 11) is 0. The molecule has 0 spiro atoms. The Morgan fingerprint density at radius 1 is 1.40 bits per heavy atom. The van der Waals surface area contributed by atoms with Crippen LogP contribution in [0.1, 0.15) is 32.5 Å². The summed E-state index contributed by atoms with van der Waals surface area (Å²) in [6.45, 7) is 7.71. The van der Waals surface area contributed by atoms with Gasteiger partial charge in [0.25, 0.3) is 0 Å². The monoisotopic (exact) mass is 209 g/mol. The molecule has 0 radical (unpaired) electrons. The molecule has 0 fully saturated rings. The van der Waals surface area contributed by atoms with E-state index < -0.39 is 0 Å². The van der Waals surface area contributed by atoms with Gasteiger partial charge in [0.05, 0.1) is 11.8 Å². The third-order valence-corrected chi connectivity index (χ3v) is 2.19. The molecule has 0 aliphatic carbocycles. The SMILES string of the molecule is CCOC(C)CNC(C)c1cnccn1. The summed E-state index contributed by atoms with van der Waals surface area (Å²) in [4.78, 5) is 8.27. The van der Waals surface area contributed by atoms with E-state index in [1.165, 1.54) is 0 Å². The predicted octanol–water partition coefficient (Wildman–Crippen LogP) is 1.55. The summed E-state index contributed by atoms with van der Waals surface area (Å²) in [5, 5.41) is 3.36. The van der Waals surface area contributed by atoms with Crippen LogP contribution in [-0.2, 0) is 4.74 Å². The van der Waals surface area contributed by atoms with Gasteiger partial charge in [-0.05, 0) is 20.8 Å². The van der Waals surface area contributed by atoms with Crippen LogP contribution in [0.3, 0.4) is 0 Å². The molecule has 0 saturated heterocycles. The van der Waals surface area contributed by atoms with Gasteiger partial charge in [-0.3, -0.25) is 9.97 Å². The van der Waals surface area contributed by atoms with Gasteiger partial charge in [-0.15, -0.1) is 0 Å². The van der Waals surface area contributed by atoms with Gasteiger partial charge in [-0.1, -0.05) is 0 Å². The van der Waals surface area contributed by atoms with Gasteiger partial charge >= 0.3 is 0 Å². The lowest BCUT2D eigenvalue weighted by molar-refractivity contribution is 0.0742. The van der Waals surface area contributed by atoms with Crippen molar-refractivity contribution >= 4 is 0 Å². The van der Waals surface area contributed by atoms with E-state index in [-0.39, 0.29) is 12.1 Å². The van der Waals surface area contributed by atoms with E-state index in [2.05, 4.69) is 29.1 Å². The molecular weight excluding hydrogens is 190 g/mol. The third kappa shape index (κ3) is 4.36. The van der Waals surface area contributed by atoms with Crippen molar-refractivity contribution in [2.45, 2.75) is 32.9 Å². The average molecular weight is 209 g/mol. The van der Waals surface area contributed by atoms with Crippen LogP contribution in [0.15, 0.2) is 18.6 Å². The first kappa shape index (κ1) is 12.1. The maximum Gasteiger partial charge on any atom is 0.0753 e. The molecule has 0 aliphatic rings. The Kier molecular flexibility index (Phi) is 5.21. The van der Waals surface area contributed by atoms with E-state index in [0.717, 1.165) is 18.8 Å². The van der Waals surface area contributed by atoms with E-state index in [4.69, 9.17) is 4.74 Å². The summed E-state index contributed by atoms with van der Waals surface area (Å²) >= 11 is 0. The van der Waals surface area contributed by atoms with Crippen molar-refractivity contribution in [2.75, 3.05) is 13.2 Å². The molecular formula is C11H19N3O. The average Bonchev–Trinajstić information content (AvgIpc) is 2.27. The molecule has 0 saturated carbocycles. The first-order valence-corrected chi connectivity index (χ1v) is 5.35. The van der Waals surface area contributed by atoms with Crippen molar-refractivity contribution < 1.29 is 4.74 Å². The van der Waals surface area contributed by atoms with Crippen LogP contribution in [0.2, 0.25) is 0 Å². The largest absolute Gasteiger partial charge is 0.377 e. The minimum absolute atomic E-state index is 0.210. The standard InChI is InChI=1S/C11H19N3O/c1-4-15-9(2)7-14-10(3)11-8-12-5-6-13-11/h5-6,8-10,14H,4,7H2,1-3H3. The molecule has 2 unspecified atom stereocenters. The predicted molar refractivity (Wildman–Crippen MR) is 59.5 cm³/mol. The van der Waals surface area contributed by atoms with E-state index in [1.807, 2.05) is 6.92 Å². The van der Waals surface area contributed by atoms with Crippen molar-refractivity contribution in [1.29, 1.82) is 0 Å². The van der Waals surface area contributed by atoms with Crippen LogP contribution in [0.4, 0.5) is 0 Å². The minimum atomic E-state index is 0.210. The molecule has 0 bridgehead atoms. The van der Waals surface area contributed by atoms with Gasteiger partial charge in [0.1, 0.15) is 0 Å². The Balaban J connectivity index is 2.33. The quantitative estimate of drug-likeness (QED) is 0.772. The number of rotatable bonds is 6. The fraction of sp³-hybridized carbons (Fsp3) is 0.636. The first-order chi connectivity index (χ1) is 7.24. The van der Waals surface area contributed by atoms with Crippen LogP contribution < -0.4 is 5.32 Å². The van der Waals surface area contributed by atoms with Gasteiger partial charge in [-0.2, -0.15) is 0 Å². The lowest BCUT2D eigenvalue weighted by atomic mass is 10.2. The number of aromatic nitrogens is 2. The third-order valence-electron chi connectivity index (χ3n) is 2.19. The molecule has 0 aliphatic heterocycles. The summed E-state index contributed by atoms with van der Waals surface area (Å²) in [6, 6.07) is 0.210. The van der Waals surface area contributed by atoms with Gasteiger partial charge in [0, 0.05) is 37.8 Å². The number of nitrogens with one attached hydrogen (secondary N) is 1. The Bertz CT molecular complexity index is 266. The Morgan fingerprint density at radius 2 is 2.20 bits per heavy atom. The summed E-state index contributed by atoms with van der Waals surface area (Å²) in [5.74, 6) is 0. The van der Waals surface area contributed by atoms with Gasteiger partial charge in [0.15, 0.2) is 0 Å². The zero-order valence-electron chi connectivity index (χ0n) is 9.60. The highest BCUT2D eigenvalue weighted by molar-refractivity contribution is 5.00. The second-order valence-corrected chi connectivity index (χ2v) is 3.53. The van der Waals surface area contributed by atoms with E-state index in [0.29, 0.717) is 0 Å². The second kappa shape index (κ2) is 6.48. The topological polar surface area (TPSA) is 47.0 Å². The molecule has 1 aromatic rings. The van der Waals surface area contributed by atoms with Crippen LogP contribution in [0, 0.1) is 0 Å². The lowest BCUT2D eigenvalue weighted by Crippen LogP contribution is -2.29. The van der Waals surface area contributed by atoms with Crippen LogP contribution >= 0.6 is 0 Å². The molecule has 1 rings (SSSR count). The molecule has 4 heteroatoms. The normalized spacial score (nSPS) is 14.9. The van der Waals surface area contributed by atoms with Crippen molar-refractivity contribution in [1.82, 2.24) is 15.3 Å². The highest BCUT2D eigenvalue weighted by atomic mass is 16.5. The van der Waals surface area contributed by atoms with E-state index in [9.17, 15) is 0 Å². The molecule has 2 atom stereocenters. The second-order valence-electron chi connectivity index (χ2n) is 3.53. The highest BCUT2D eigenvalue weighted by Gasteiger charge is 2.08. The molecule has 1 aromatic heterocycles. The van der Waals surface area contributed by atoms with Crippen LogP contribution in [0.25, 0.3) is 0 Å². The molecule has 15 heavy (non-hydrogen) atoms. The first-order valence-electron chi connectivity index (χ1n) is 5.35. The number of nitrogens with zero attached hydrogens (tertiary/aromatic N) is 2. The Morgan fingerprint density at radius 3 is 2.80 bits per heavy atom. The fourth-order valence-corrected chi connectivity index (χ4v) is 1.32. The van der Waals surface area contributed by atoms with Gasteiger partial charge in [0.2, 0.25) is 0 Å². The Labute approximate surface area is 91.1 Å². The van der Waals surface area contributed by atoms with Crippen LogP contribution in [0.5, 0.6) is 0 Å². The van der Waals surface area contributed by atoms with Crippen molar-refractivity contribution in [3.63, 3.8) is 0 Å². The number of ether oxygens (including phenoxy) is 1.